The summed E-state index contributed by atoms with van der Waals surface area (Å²) in [5.74, 6) is 1.17. The van der Waals surface area contributed by atoms with Crippen molar-refractivity contribution in [2.75, 3.05) is 24.4 Å². The van der Waals surface area contributed by atoms with Crippen LogP contribution in [-0.2, 0) is 0 Å². The molecule has 116 valence electrons. The Morgan fingerprint density at radius 1 is 1.43 bits per heavy atom. The van der Waals surface area contributed by atoms with E-state index in [1.165, 1.54) is 0 Å². The van der Waals surface area contributed by atoms with E-state index >= 15 is 0 Å². The Labute approximate surface area is 125 Å². The van der Waals surface area contributed by atoms with Gasteiger partial charge < -0.3 is 15.8 Å². The fourth-order valence-corrected chi connectivity index (χ4v) is 3.50. The van der Waals surface area contributed by atoms with E-state index in [9.17, 15) is 9.11 Å². The lowest BCUT2D eigenvalue weighted by molar-refractivity contribution is 0.218. The molecule has 1 saturated heterocycles. The van der Waals surface area contributed by atoms with Crippen LogP contribution in [0.4, 0.5) is 5.69 Å². The second-order valence-corrected chi connectivity index (χ2v) is 6.72. The molecule has 8 heteroatoms. The van der Waals surface area contributed by atoms with E-state index in [2.05, 4.69) is 14.4 Å². The van der Waals surface area contributed by atoms with Crippen molar-refractivity contribution in [2.24, 2.45) is 16.0 Å². The number of hydrogen-bond acceptors (Lipinski definition) is 7. The van der Waals surface area contributed by atoms with Gasteiger partial charge in [-0.15, -0.1) is 4.40 Å². The fraction of sp³-hybridized carbons (Fsp3) is 0.462. The van der Waals surface area contributed by atoms with Crippen LogP contribution in [-0.4, -0.2) is 34.6 Å². The maximum Gasteiger partial charge on any atom is 0.158 e. The standard InChI is InChI=1S/C13H20N4O3S/c14-13-12-10(16-21(18,19)17-13)4-1-5-11(12)20-8-9-3-2-6-15-7-9/h1,4-5,9,15-16,18-19H,2-3,6-8H2,(H2,14,17)/t9-/m0/s1. The van der Waals surface area contributed by atoms with Crippen LogP contribution in [0.5, 0.6) is 5.75 Å². The summed E-state index contributed by atoms with van der Waals surface area (Å²) in [4.78, 5) is 0. The van der Waals surface area contributed by atoms with Crippen LogP contribution >= 0.6 is 11.0 Å². The lowest BCUT2D eigenvalue weighted by Crippen LogP contribution is -2.33. The minimum Gasteiger partial charge on any atom is -0.492 e. The molecule has 0 amide bonds. The molecule has 2 heterocycles. The van der Waals surface area contributed by atoms with Gasteiger partial charge >= 0.3 is 0 Å². The molecule has 0 aromatic heterocycles. The average Bonchev–Trinajstić information content (AvgIpc) is 2.44. The van der Waals surface area contributed by atoms with Crippen LogP contribution in [0.15, 0.2) is 22.6 Å². The normalized spacial score (nSPS) is 25.2. The van der Waals surface area contributed by atoms with Gasteiger partial charge in [0, 0.05) is 12.5 Å². The summed E-state index contributed by atoms with van der Waals surface area (Å²) in [6.07, 6.45) is 2.30. The highest BCUT2D eigenvalue weighted by Crippen LogP contribution is 2.46. The van der Waals surface area contributed by atoms with Crippen molar-refractivity contribution in [3.8, 4) is 5.75 Å². The van der Waals surface area contributed by atoms with E-state index < -0.39 is 11.0 Å². The molecule has 1 aromatic rings. The van der Waals surface area contributed by atoms with Crippen molar-refractivity contribution < 1.29 is 13.8 Å². The summed E-state index contributed by atoms with van der Waals surface area (Å²) in [6, 6.07) is 5.32. The van der Waals surface area contributed by atoms with E-state index in [0.717, 1.165) is 25.9 Å². The first-order valence-corrected chi connectivity index (χ1v) is 8.44. The van der Waals surface area contributed by atoms with Gasteiger partial charge in [0.1, 0.15) is 5.75 Å². The molecular formula is C13H20N4O3S. The number of nitrogens with one attached hydrogen (secondary N) is 2. The smallest absolute Gasteiger partial charge is 0.158 e. The van der Waals surface area contributed by atoms with Crippen LogP contribution in [0.3, 0.4) is 0 Å². The minimum atomic E-state index is -3.25. The molecule has 1 atom stereocenters. The number of nitrogens with two attached hydrogens (primary N) is 1. The van der Waals surface area contributed by atoms with Crippen LogP contribution in [0, 0.1) is 5.92 Å². The minimum absolute atomic E-state index is 0.0844. The van der Waals surface area contributed by atoms with Gasteiger partial charge in [0.25, 0.3) is 0 Å². The van der Waals surface area contributed by atoms with Crippen molar-refractivity contribution in [3.63, 3.8) is 0 Å². The predicted molar refractivity (Wildman–Crippen MR) is 84.7 cm³/mol. The van der Waals surface area contributed by atoms with E-state index in [0.29, 0.717) is 29.5 Å². The Morgan fingerprint density at radius 3 is 3.05 bits per heavy atom. The summed E-state index contributed by atoms with van der Waals surface area (Å²) in [6.45, 7) is 2.63. The number of piperidine rings is 1. The van der Waals surface area contributed by atoms with Gasteiger partial charge in [-0.3, -0.25) is 13.8 Å². The highest BCUT2D eigenvalue weighted by atomic mass is 32.3. The molecule has 2 aliphatic heterocycles. The second-order valence-electron chi connectivity index (χ2n) is 5.30. The zero-order chi connectivity index (χ0) is 14.9. The summed E-state index contributed by atoms with van der Waals surface area (Å²) in [5.41, 5.74) is 6.97. The number of hydrogen-bond donors (Lipinski definition) is 5. The van der Waals surface area contributed by atoms with E-state index in [4.69, 9.17) is 10.5 Å². The van der Waals surface area contributed by atoms with E-state index in [-0.39, 0.29) is 5.84 Å². The molecule has 3 rings (SSSR count). The molecule has 0 bridgehead atoms. The molecule has 1 aromatic carbocycles. The van der Waals surface area contributed by atoms with Crippen LogP contribution in [0.1, 0.15) is 18.4 Å². The van der Waals surface area contributed by atoms with Gasteiger partial charge in [-0.2, -0.15) is 0 Å². The zero-order valence-electron chi connectivity index (χ0n) is 11.6. The fourth-order valence-electron chi connectivity index (χ4n) is 2.63. The Hall–Kier alpha value is -1.48. The molecule has 6 N–H and O–H groups in total. The first-order chi connectivity index (χ1) is 10.1. The van der Waals surface area contributed by atoms with Gasteiger partial charge in [-0.1, -0.05) is 6.07 Å². The number of amidine groups is 1. The molecule has 0 unspecified atom stereocenters. The molecule has 2 aliphatic rings. The van der Waals surface area contributed by atoms with Gasteiger partial charge in [0.15, 0.2) is 5.84 Å². The molecule has 0 spiro atoms. The number of benzene rings is 1. The van der Waals surface area contributed by atoms with Gasteiger partial charge in [0.2, 0.25) is 0 Å². The number of nitrogens with zero attached hydrogens (tertiary/aromatic N) is 1. The first-order valence-electron chi connectivity index (χ1n) is 6.93. The molecule has 0 aliphatic carbocycles. The lowest BCUT2D eigenvalue weighted by atomic mass is 10.0. The van der Waals surface area contributed by atoms with Gasteiger partial charge in [-0.25, -0.2) is 0 Å². The van der Waals surface area contributed by atoms with Crippen LogP contribution in [0.2, 0.25) is 0 Å². The molecule has 7 nitrogen and oxygen atoms in total. The van der Waals surface area contributed by atoms with Crippen molar-refractivity contribution in [1.82, 2.24) is 5.32 Å². The van der Waals surface area contributed by atoms with Crippen molar-refractivity contribution >= 4 is 22.5 Å². The summed E-state index contributed by atoms with van der Waals surface area (Å²) < 4.78 is 31.4. The average molecular weight is 312 g/mol. The van der Waals surface area contributed by atoms with Crippen molar-refractivity contribution in [2.45, 2.75) is 12.8 Å². The largest absolute Gasteiger partial charge is 0.492 e. The molecular weight excluding hydrogens is 292 g/mol. The summed E-state index contributed by atoms with van der Waals surface area (Å²) in [7, 11) is -3.25. The first kappa shape index (κ1) is 14.5. The number of anilines is 1. The Bertz CT molecular complexity index is 558. The maximum absolute atomic E-state index is 9.63. The summed E-state index contributed by atoms with van der Waals surface area (Å²) >= 11 is 0. The second kappa shape index (κ2) is 5.72. The Balaban J connectivity index is 1.78. The highest BCUT2D eigenvalue weighted by Gasteiger charge is 2.25. The van der Waals surface area contributed by atoms with E-state index in [1.54, 1.807) is 12.1 Å². The lowest BCUT2D eigenvalue weighted by Gasteiger charge is -2.33. The molecule has 0 radical (unpaired) electrons. The monoisotopic (exact) mass is 312 g/mol. The molecule has 1 fully saturated rings. The van der Waals surface area contributed by atoms with Crippen LogP contribution < -0.4 is 20.5 Å². The van der Waals surface area contributed by atoms with Crippen molar-refractivity contribution in [1.29, 1.82) is 0 Å². The molecule has 0 saturated carbocycles. The van der Waals surface area contributed by atoms with E-state index in [1.807, 2.05) is 6.07 Å². The van der Waals surface area contributed by atoms with Gasteiger partial charge in [-0.05, 0) is 42.5 Å². The maximum atomic E-state index is 9.63. The number of rotatable bonds is 3. The quantitative estimate of drug-likeness (QED) is 0.581. The number of fused-ring (bicyclic) bond motifs is 1. The Kier molecular flexibility index (Phi) is 3.94. The third-order valence-corrected chi connectivity index (χ3v) is 4.57. The zero-order valence-corrected chi connectivity index (χ0v) is 12.4. The Morgan fingerprint density at radius 2 is 2.29 bits per heavy atom. The predicted octanol–water partition coefficient (Wildman–Crippen LogP) is 1.78. The third kappa shape index (κ3) is 3.24. The molecule has 21 heavy (non-hydrogen) atoms. The van der Waals surface area contributed by atoms with Crippen molar-refractivity contribution in [3.05, 3.63) is 23.8 Å². The third-order valence-electron chi connectivity index (χ3n) is 3.63. The topological polar surface area (TPSA) is 112 Å². The van der Waals surface area contributed by atoms with Gasteiger partial charge in [0.05, 0.1) is 17.9 Å². The highest BCUT2D eigenvalue weighted by molar-refractivity contribution is 8.24. The summed E-state index contributed by atoms with van der Waals surface area (Å²) in [5, 5.41) is 3.35. The SMILES string of the molecule is NC1=NS(O)(O)Nc2cccc(OC[C@H]3CCCNC3)c21. The van der Waals surface area contributed by atoms with Crippen LogP contribution in [0.25, 0.3) is 0 Å². The number of ether oxygens (including phenoxy) is 1.